The van der Waals surface area contributed by atoms with Crippen LogP contribution in [0.4, 0.5) is 0 Å². The van der Waals surface area contributed by atoms with Crippen LogP contribution in [0, 0.1) is 0 Å². The van der Waals surface area contributed by atoms with Crippen molar-refractivity contribution >= 4 is 5.97 Å². The number of hydrogen-bond acceptors (Lipinski definition) is 3. The van der Waals surface area contributed by atoms with Gasteiger partial charge in [0.1, 0.15) is 6.04 Å². The summed E-state index contributed by atoms with van der Waals surface area (Å²) < 4.78 is 4.66. The van der Waals surface area contributed by atoms with E-state index in [4.69, 9.17) is 0 Å². The maximum atomic E-state index is 10.5. The number of carbonyl (C=O) groups excluding carboxylic acids is 1. The van der Waals surface area contributed by atoms with E-state index in [0.29, 0.717) is 6.61 Å². The Bertz CT molecular complexity index is 98.6. The van der Waals surface area contributed by atoms with Crippen LogP contribution >= 0.6 is 0 Å². The van der Waals surface area contributed by atoms with Crippen LogP contribution in [0.2, 0.25) is 0 Å². The first kappa shape index (κ1) is 5.56. The van der Waals surface area contributed by atoms with Crippen LogP contribution < -0.4 is 5.32 Å². The molecule has 3 nitrogen and oxygen atoms in total. The standard InChI is InChI=1S/C5H9NO2/c1-2-8-5(7)4-3-6-4/h4,6H,2-3H2,1H3/t4-/m0/s1. The topological polar surface area (TPSA) is 48.2 Å². The minimum atomic E-state index is -0.118. The van der Waals surface area contributed by atoms with Crippen LogP contribution in [0.1, 0.15) is 6.92 Å². The van der Waals surface area contributed by atoms with Crippen molar-refractivity contribution in [2.75, 3.05) is 13.2 Å². The van der Waals surface area contributed by atoms with Gasteiger partial charge in [-0.3, -0.25) is 4.79 Å². The summed E-state index contributed by atoms with van der Waals surface area (Å²) in [5.74, 6) is -0.118. The van der Waals surface area contributed by atoms with Crippen molar-refractivity contribution in [1.82, 2.24) is 5.32 Å². The Labute approximate surface area is 48.0 Å². The van der Waals surface area contributed by atoms with E-state index in [-0.39, 0.29) is 12.0 Å². The Morgan fingerprint density at radius 2 is 2.62 bits per heavy atom. The van der Waals surface area contributed by atoms with Crippen molar-refractivity contribution in [2.24, 2.45) is 0 Å². The smallest absolute Gasteiger partial charge is 0.324 e. The van der Waals surface area contributed by atoms with Gasteiger partial charge in [-0.25, -0.2) is 0 Å². The van der Waals surface area contributed by atoms with Crippen LogP contribution in [0.15, 0.2) is 0 Å². The second kappa shape index (κ2) is 2.13. The minimum absolute atomic E-state index is 0.00921. The molecule has 0 aromatic rings. The third kappa shape index (κ3) is 1.20. The number of hydrogen-bond donors (Lipinski definition) is 1. The van der Waals surface area contributed by atoms with Crippen molar-refractivity contribution in [3.8, 4) is 0 Å². The molecule has 1 N–H and O–H groups in total. The Morgan fingerprint density at radius 3 is 3.00 bits per heavy atom. The molecule has 0 radical (unpaired) electrons. The van der Waals surface area contributed by atoms with E-state index in [0.717, 1.165) is 6.54 Å². The summed E-state index contributed by atoms with van der Waals surface area (Å²) in [6.07, 6.45) is 0. The summed E-state index contributed by atoms with van der Waals surface area (Å²) in [7, 11) is 0. The van der Waals surface area contributed by atoms with Gasteiger partial charge in [0.05, 0.1) is 6.61 Å². The maximum Gasteiger partial charge on any atom is 0.324 e. The van der Waals surface area contributed by atoms with E-state index in [1.807, 2.05) is 0 Å². The van der Waals surface area contributed by atoms with Gasteiger partial charge in [0.25, 0.3) is 0 Å². The molecule has 1 aliphatic rings. The van der Waals surface area contributed by atoms with Crippen molar-refractivity contribution in [1.29, 1.82) is 0 Å². The van der Waals surface area contributed by atoms with Crippen LogP contribution in [-0.4, -0.2) is 25.2 Å². The summed E-state index contributed by atoms with van der Waals surface area (Å²) in [6.45, 7) is 3.08. The zero-order chi connectivity index (χ0) is 5.98. The predicted molar refractivity (Wildman–Crippen MR) is 28.4 cm³/mol. The molecule has 0 saturated carbocycles. The summed E-state index contributed by atoms with van der Waals surface area (Å²) >= 11 is 0. The highest BCUT2D eigenvalue weighted by Crippen LogP contribution is 1.98. The molecular formula is C5H9NO2. The van der Waals surface area contributed by atoms with Crippen LogP contribution in [0.3, 0.4) is 0 Å². The highest BCUT2D eigenvalue weighted by molar-refractivity contribution is 5.78. The lowest BCUT2D eigenvalue weighted by Gasteiger charge is -1.94. The lowest BCUT2D eigenvalue weighted by molar-refractivity contribution is -0.142. The number of rotatable bonds is 2. The fourth-order valence-electron chi connectivity index (χ4n) is 0.468. The molecule has 1 atom stereocenters. The molecule has 1 heterocycles. The average Bonchev–Trinajstić information content (AvgIpc) is 2.45. The highest BCUT2D eigenvalue weighted by atomic mass is 16.5. The molecule has 3 heteroatoms. The lowest BCUT2D eigenvalue weighted by atomic mass is 10.5. The maximum absolute atomic E-state index is 10.5. The monoisotopic (exact) mass is 115 g/mol. The van der Waals surface area contributed by atoms with Crippen molar-refractivity contribution in [3.05, 3.63) is 0 Å². The normalized spacial score (nSPS) is 24.9. The summed E-state index contributed by atoms with van der Waals surface area (Å²) in [5, 5.41) is 2.84. The Kier molecular flexibility index (Phi) is 1.48. The number of nitrogens with one attached hydrogen (secondary N) is 1. The third-order valence-electron chi connectivity index (χ3n) is 0.979. The summed E-state index contributed by atoms with van der Waals surface area (Å²) in [5.41, 5.74) is 0. The SMILES string of the molecule is CCOC(=O)[C@@H]1CN1. The van der Waals surface area contributed by atoms with Crippen LogP contribution in [0.25, 0.3) is 0 Å². The van der Waals surface area contributed by atoms with Gasteiger partial charge in [-0.15, -0.1) is 0 Å². The molecule has 46 valence electrons. The van der Waals surface area contributed by atoms with Gasteiger partial charge >= 0.3 is 5.97 Å². The van der Waals surface area contributed by atoms with Crippen molar-refractivity contribution < 1.29 is 9.53 Å². The molecular weight excluding hydrogens is 106 g/mol. The van der Waals surface area contributed by atoms with Gasteiger partial charge in [0.15, 0.2) is 0 Å². The zero-order valence-corrected chi connectivity index (χ0v) is 4.81. The predicted octanol–water partition coefficient (Wildman–Crippen LogP) is -0.479. The summed E-state index contributed by atoms with van der Waals surface area (Å²) in [4.78, 5) is 10.5. The minimum Gasteiger partial charge on any atom is -0.465 e. The molecule has 0 aliphatic carbocycles. The highest BCUT2D eigenvalue weighted by Gasteiger charge is 2.29. The fourth-order valence-corrected chi connectivity index (χ4v) is 0.468. The van der Waals surface area contributed by atoms with Crippen LogP contribution in [0.5, 0.6) is 0 Å². The Morgan fingerprint density at radius 1 is 2.00 bits per heavy atom. The van der Waals surface area contributed by atoms with Gasteiger partial charge in [0, 0.05) is 6.54 Å². The van der Waals surface area contributed by atoms with Crippen molar-refractivity contribution in [2.45, 2.75) is 13.0 Å². The molecule has 0 aromatic heterocycles. The second-order valence-corrected chi connectivity index (χ2v) is 1.71. The van der Waals surface area contributed by atoms with E-state index >= 15 is 0 Å². The molecule has 1 saturated heterocycles. The first-order valence-electron chi connectivity index (χ1n) is 2.74. The van der Waals surface area contributed by atoms with E-state index in [2.05, 4.69) is 10.1 Å². The second-order valence-electron chi connectivity index (χ2n) is 1.71. The first-order valence-corrected chi connectivity index (χ1v) is 2.74. The Balaban J connectivity index is 2.13. The molecule has 0 amide bonds. The third-order valence-corrected chi connectivity index (χ3v) is 0.979. The Hall–Kier alpha value is -0.570. The largest absolute Gasteiger partial charge is 0.465 e. The molecule has 0 unspecified atom stereocenters. The first-order chi connectivity index (χ1) is 3.84. The fraction of sp³-hybridized carbons (Fsp3) is 0.800. The van der Waals surface area contributed by atoms with Gasteiger partial charge in [-0.05, 0) is 6.92 Å². The van der Waals surface area contributed by atoms with Gasteiger partial charge in [-0.2, -0.15) is 0 Å². The molecule has 8 heavy (non-hydrogen) atoms. The molecule has 0 aromatic carbocycles. The summed E-state index contributed by atoms with van der Waals surface area (Å²) in [6, 6.07) is 0.00921. The molecule has 0 bridgehead atoms. The molecule has 1 aliphatic heterocycles. The molecule has 1 rings (SSSR count). The van der Waals surface area contributed by atoms with Gasteiger partial charge in [0.2, 0.25) is 0 Å². The van der Waals surface area contributed by atoms with E-state index in [9.17, 15) is 4.79 Å². The van der Waals surface area contributed by atoms with Gasteiger partial charge in [-0.1, -0.05) is 0 Å². The lowest BCUT2D eigenvalue weighted by Crippen LogP contribution is -2.13. The quantitative estimate of drug-likeness (QED) is 0.390. The molecule has 1 fully saturated rings. The van der Waals surface area contributed by atoms with Crippen LogP contribution in [-0.2, 0) is 9.53 Å². The number of esters is 1. The molecule has 0 spiro atoms. The zero-order valence-electron chi connectivity index (χ0n) is 4.81. The van der Waals surface area contributed by atoms with E-state index in [1.165, 1.54) is 0 Å². The average molecular weight is 115 g/mol. The van der Waals surface area contributed by atoms with E-state index in [1.54, 1.807) is 6.92 Å². The van der Waals surface area contributed by atoms with Crippen molar-refractivity contribution in [3.63, 3.8) is 0 Å². The van der Waals surface area contributed by atoms with E-state index < -0.39 is 0 Å². The van der Waals surface area contributed by atoms with Gasteiger partial charge < -0.3 is 10.1 Å². The number of carbonyl (C=O) groups is 1. The number of ether oxygens (including phenoxy) is 1.